The average Bonchev–Trinajstić information content (AvgIpc) is 2.62. The molecule has 0 fully saturated rings. The van der Waals surface area contributed by atoms with Gasteiger partial charge in [0.25, 0.3) is 0 Å². The van der Waals surface area contributed by atoms with E-state index in [2.05, 4.69) is 10.2 Å². The number of H-pyrrole nitrogens is 1. The van der Waals surface area contributed by atoms with Crippen molar-refractivity contribution in [3.63, 3.8) is 0 Å². The van der Waals surface area contributed by atoms with Crippen molar-refractivity contribution in [3.8, 4) is 11.5 Å². The molecule has 0 amide bonds. The summed E-state index contributed by atoms with van der Waals surface area (Å²) in [6, 6.07) is 1.91. The molecule has 2 heterocycles. The van der Waals surface area contributed by atoms with Crippen molar-refractivity contribution in [1.82, 2.24) is 10.2 Å². The predicted molar refractivity (Wildman–Crippen MR) is 50.2 cm³/mol. The lowest BCUT2D eigenvalue weighted by Crippen LogP contribution is -1.86. The number of hydrogen-bond donors (Lipinski definition) is 2. The fourth-order valence-electron chi connectivity index (χ4n) is 1.26. The normalized spacial score (nSPS) is 10.6. The second kappa shape index (κ2) is 2.65. The number of furan rings is 1. The van der Waals surface area contributed by atoms with Gasteiger partial charge in [0.05, 0.1) is 6.26 Å². The van der Waals surface area contributed by atoms with Crippen LogP contribution in [0.4, 0.5) is 5.82 Å². The summed E-state index contributed by atoms with van der Waals surface area (Å²) in [4.78, 5) is 0. The van der Waals surface area contributed by atoms with E-state index in [4.69, 9.17) is 10.2 Å². The van der Waals surface area contributed by atoms with Crippen LogP contribution in [0.3, 0.4) is 0 Å². The van der Waals surface area contributed by atoms with Gasteiger partial charge in [-0.3, -0.25) is 5.10 Å². The van der Waals surface area contributed by atoms with Crippen LogP contribution in [0.25, 0.3) is 11.5 Å². The summed E-state index contributed by atoms with van der Waals surface area (Å²) in [6.45, 7) is 3.89. The van der Waals surface area contributed by atoms with Gasteiger partial charge >= 0.3 is 0 Å². The Kier molecular flexibility index (Phi) is 1.62. The SMILES string of the molecule is Cc1ccoc1-c1[nH]nc(N)c1C. The van der Waals surface area contributed by atoms with E-state index in [9.17, 15) is 0 Å². The van der Waals surface area contributed by atoms with E-state index in [0.717, 1.165) is 22.6 Å². The van der Waals surface area contributed by atoms with Crippen molar-refractivity contribution in [1.29, 1.82) is 0 Å². The molecule has 0 aliphatic heterocycles. The molecule has 0 saturated carbocycles. The zero-order valence-corrected chi connectivity index (χ0v) is 7.59. The van der Waals surface area contributed by atoms with Crippen LogP contribution in [-0.2, 0) is 0 Å². The fourth-order valence-corrected chi connectivity index (χ4v) is 1.26. The molecule has 0 spiro atoms. The Labute approximate surface area is 75.7 Å². The maximum absolute atomic E-state index is 5.61. The van der Waals surface area contributed by atoms with Crippen molar-refractivity contribution in [2.45, 2.75) is 13.8 Å². The number of nitrogens with two attached hydrogens (primary N) is 1. The molecule has 4 heteroatoms. The lowest BCUT2D eigenvalue weighted by Gasteiger charge is -1.95. The van der Waals surface area contributed by atoms with Gasteiger partial charge in [0.2, 0.25) is 0 Å². The van der Waals surface area contributed by atoms with Gasteiger partial charge in [-0.05, 0) is 25.5 Å². The lowest BCUT2D eigenvalue weighted by molar-refractivity contribution is 0.578. The molecule has 3 N–H and O–H groups in total. The van der Waals surface area contributed by atoms with Gasteiger partial charge in [-0.1, -0.05) is 0 Å². The molecule has 0 bridgehead atoms. The molecule has 2 aromatic heterocycles. The number of anilines is 1. The molecular weight excluding hydrogens is 166 g/mol. The quantitative estimate of drug-likeness (QED) is 0.698. The van der Waals surface area contributed by atoms with E-state index in [1.165, 1.54) is 0 Å². The summed E-state index contributed by atoms with van der Waals surface area (Å²) in [5.41, 5.74) is 8.48. The highest BCUT2D eigenvalue weighted by Gasteiger charge is 2.12. The third-order valence-electron chi connectivity index (χ3n) is 2.14. The molecule has 0 aliphatic rings. The molecule has 68 valence electrons. The van der Waals surface area contributed by atoms with Gasteiger partial charge in [-0.15, -0.1) is 0 Å². The van der Waals surface area contributed by atoms with E-state index >= 15 is 0 Å². The summed E-state index contributed by atoms with van der Waals surface area (Å²) in [5.74, 6) is 1.33. The van der Waals surface area contributed by atoms with Crippen molar-refractivity contribution in [3.05, 3.63) is 23.5 Å². The molecular formula is C9H11N3O. The first kappa shape index (κ1) is 7.91. The van der Waals surface area contributed by atoms with Crippen molar-refractivity contribution in [2.75, 3.05) is 5.73 Å². The predicted octanol–water partition coefficient (Wildman–Crippen LogP) is 1.87. The van der Waals surface area contributed by atoms with E-state index < -0.39 is 0 Å². The van der Waals surface area contributed by atoms with Crippen LogP contribution in [0.2, 0.25) is 0 Å². The fraction of sp³-hybridized carbons (Fsp3) is 0.222. The standard InChI is InChI=1S/C9H11N3O/c1-5-3-4-13-8(5)7-6(2)9(10)12-11-7/h3-4H,1-2H3,(H3,10,11,12). The number of rotatable bonds is 1. The van der Waals surface area contributed by atoms with Gasteiger partial charge in [-0.2, -0.15) is 5.10 Å². The number of hydrogen-bond acceptors (Lipinski definition) is 3. The number of nitrogens with zero attached hydrogens (tertiary/aromatic N) is 1. The van der Waals surface area contributed by atoms with Crippen LogP contribution in [0.15, 0.2) is 16.7 Å². The van der Waals surface area contributed by atoms with Gasteiger partial charge in [0, 0.05) is 5.56 Å². The first-order valence-electron chi connectivity index (χ1n) is 4.05. The Bertz CT molecular complexity index is 428. The van der Waals surface area contributed by atoms with E-state index in [-0.39, 0.29) is 0 Å². The van der Waals surface area contributed by atoms with Crippen molar-refractivity contribution < 1.29 is 4.42 Å². The van der Waals surface area contributed by atoms with E-state index in [0.29, 0.717) is 5.82 Å². The molecule has 2 rings (SSSR count). The topological polar surface area (TPSA) is 67.8 Å². The van der Waals surface area contributed by atoms with Crippen LogP contribution in [0.5, 0.6) is 0 Å². The first-order valence-corrected chi connectivity index (χ1v) is 4.05. The Balaban J connectivity index is 2.59. The highest BCUT2D eigenvalue weighted by atomic mass is 16.3. The Morgan fingerprint density at radius 1 is 1.46 bits per heavy atom. The number of aromatic amines is 1. The smallest absolute Gasteiger partial charge is 0.154 e. The van der Waals surface area contributed by atoms with Gasteiger partial charge in [0.15, 0.2) is 5.76 Å². The molecule has 0 atom stereocenters. The third-order valence-corrected chi connectivity index (χ3v) is 2.14. The van der Waals surface area contributed by atoms with E-state index in [1.807, 2.05) is 19.9 Å². The molecule has 4 nitrogen and oxygen atoms in total. The van der Waals surface area contributed by atoms with Crippen LogP contribution < -0.4 is 5.73 Å². The van der Waals surface area contributed by atoms with Crippen molar-refractivity contribution >= 4 is 5.82 Å². The molecule has 0 unspecified atom stereocenters. The third kappa shape index (κ3) is 1.11. The summed E-state index contributed by atoms with van der Waals surface area (Å²) in [7, 11) is 0. The molecule has 2 aromatic rings. The average molecular weight is 177 g/mol. The first-order chi connectivity index (χ1) is 6.20. The minimum atomic E-state index is 0.519. The molecule has 0 saturated heterocycles. The summed E-state index contributed by atoms with van der Waals surface area (Å²) >= 11 is 0. The minimum Gasteiger partial charge on any atom is -0.462 e. The van der Waals surface area contributed by atoms with Gasteiger partial charge < -0.3 is 10.2 Å². The van der Waals surface area contributed by atoms with E-state index in [1.54, 1.807) is 6.26 Å². The highest BCUT2D eigenvalue weighted by Crippen LogP contribution is 2.27. The Morgan fingerprint density at radius 2 is 2.23 bits per heavy atom. The molecule has 0 aliphatic carbocycles. The summed E-state index contributed by atoms with van der Waals surface area (Å²) < 4.78 is 5.32. The van der Waals surface area contributed by atoms with Crippen molar-refractivity contribution in [2.24, 2.45) is 0 Å². The summed E-state index contributed by atoms with van der Waals surface area (Å²) in [6.07, 6.45) is 1.65. The monoisotopic (exact) mass is 177 g/mol. The second-order valence-electron chi connectivity index (χ2n) is 3.04. The molecule has 0 radical (unpaired) electrons. The highest BCUT2D eigenvalue weighted by molar-refractivity contribution is 5.65. The molecule has 13 heavy (non-hydrogen) atoms. The minimum absolute atomic E-state index is 0.519. The maximum Gasteiger partial charge on any atom is 0.154 e. The number of aromatic nitrogens is 2. The van der Waals surface area contributed by atoms with Crippen LogP contribution in [-0.4, -0.2) is 10.2 Å². The number of nitrogen functional groups attached to an aromatic ring is 1. The number of nitrogens with one attached hydrogen (secondary N) is 1. The van der Waals surface area contributed by atoms with Gasteiger partial charge in [-0.25, -0.2) is 0 Å². The van der Waals surface area contributed by atoms with Crippen LogP contribution in [0.1, 0.15) is 11.1 Å². The second-order valence-corrected chi connectivity index (χ2v) is 3.04. The Hall–Kier alpha value is -1.71. The zero-order chi connectivity index (χ0) is 9.42. The zero-order valence-electron chi connectivity index (χ0n) is 7.59. The molecule has 0 aromatic carbocycles. The number of aryl methyl sites for hydroxylation is 1. The van der Waals surface area contributed by atoms with Gasteiger partial charge in [0.1, 0.15) is 11.5 Å². The van der Waals surface area contributed by atoms with Crippen LogP contribution in [0, 0.1) is 13.8 Å². The lowest BCUT2D eigenvalue weighted by atomic mass is 10.1. The largest absolute Gasteiger partial charge is 0.462 e. The maximum atomic E-state index is 5.61. The van der Waals surface area contributed by atoms with Crippen LogP contribution >= 0.6 is 0 Å². The Morgan fingerprint density at radius 3 is 2.69 bits per heavy atom. The summed E-state index contributed by atoms with van der Waals surface area (Å²) in [5, 5.41) is 6.75.